The van der Waals surface area contributed by atoms with E-state index in [1.54, 1.807) is 24.1 Å². The summed E-state index contributed by atoms with van der Waals surface area (Å²) in [6, 6.07) is 4.95. The summed E-state index contributed by atoms with van der Waals surface area (Å²) in [7, 11) is 1.66. The van der Waals surface area contributed by atoms with E-state index in [0.717, 1.165) is 5.56 Å². The van der Waals surface area contributed by atoms with Crippen molar-refractivity contribution >= 4 is 11.4 Å². The molecule has 1 aromatic heterocycles. The number of aromatic nitrogens is 3. The molecule has 0 aliphatic rings. The number of para-hydroxylation sites is 1. The highest BCUT2D eigenvalue weighted by Gasteiger charge is 2.16. The normalized spacial score (nSPS) is 10.2. The lowest BCUT2D eigenvalue weighted by Gasteiger charge is -2.09. The van der Waals surface area contributed by atoms with Crippen molar-refractivity contribution in [3.63, 3.8) is 0 Å². The second kappa shape index (κ2) is 4.60. The third-order valence-corrected chi connectivity index (χ3v) is 2.37. The highest BCUT2D eigenvalue weighted by Crippen LogP contribution is 2.28. The average Bonchev–Trinajstić information content (AvgIpc) is 2.81. The summed E-state index contributed by atoms with van der Waals surface area (Å²) in [6.07, 6.45) is 2.99. The molecule has 0 saturated heterocycles. The van der Waals surface area contributed by atoms with E-state index in [1.807, 2.05) is 6.07 Å². The summed E-state index contributed by atoms with van der Waals surface area (Å²) in [5.74, 6) is 0. The second-order valence-corrected chi connectivity index (χ2v) is 3.41. The predicted molar refractivity (Wildman–Crippen MR) is 61.8 cm³/mol. The predicted octanol–water partition coefficient (Wildman–Crippen LogP) is 1.28. The minimum Gasteiger partial charge on any atom is -0.382 e. The molecule has 17 heavy (non-hydrogen) atoms. The molecule has 1 aromatic carbocycles. The van der Waals surface area contributed by atoms with Gasteiger partial charge < -0.3 is 5.32 Å². The Balaban J connectivity index is 2.40. The molecule has 7 heteroatoms. The minimum atomic E-state index is -0.406. The maximum Gasteiger partial charge on any atom is 0.292 e. The van der Waals surface area contributed by atoms with E-state index in [1.165, 1.54) is 12.4 Å². The van der Waals surface area contributed by atoms with Crippen molar-refractivity contribution in [2.75, 3.05) is 12.4 Å². The molecule has 0 spiro atoms. The Hall–Kier alpha value is -2.44. The molecular weight excluding hydrogens is 222 g/mol. The highest BCUT2D eigenvalue weighted by molar-refractivity contribution is 5.66. The van der Waals surface area contributed by atoms with E-state index in [4.69, 9.17) is 0 Å². The number of nitro groups is 1. The van der Waals surface area contributed by atoms with Gasteiger partial charge in [0.05, 0.1) is 11.5 Å². The molecule has 88 valence electrons. The largest absolute Gasteiger partial charge is 0.382 e. The van der Waals surface area contributed by atoms with Crippen molar-refractivity contribution in [2.24, 2.45) is 0 Å². The van der Waals surface area contributed by atoms with E-state index >= 15 is 0 Å². The van der Waals surface area contributed by atoms with Gasteiger partial charge in [0, 0.05) is 18.7 Å². The molecule has 0 bridgehead atoms. The Labute approximate surface area is 97.2 Å². The number of nitrogens with one attached hydrogen (secondary N) is 1. The lowest BCUT2D eigenvalue weighted by atomic mass is 10.1. The van der Waals surface area contributed by atoms with Gasteiger partial charge in [0.1, 0.15) is 18.3 Å². The van der Waals surface area contributed by atoms with Crippen LogP contribution in [-0.4, -0.2) is 26.7 Å². The fourth-order valence-electron chi connectivity index (χ4n) is 1.65. The van der Waals surface area contributed by atoms with E-state index in [-0.39, 0.29) is 5.69 Å². The van der Waals surface area contributed by atoms with Gasteiger partial charge in [-0.05, 0) is 0 Å². The highest BCUT2D eigenvalue weighted by atomic mass is 16.6. The average molecular weight is 233 g/mol. The summed E-state index contributed by atoms with van der Waals surface area (Å²) in [4.78, 5) is 14.3. The van der Waals surface area contributed by atoms with Gasteiger partial charge in [-0.3, -0.25) is 10.1 Å². The van der Waals surface area contributed by atoms with Gasteiger partial charge in [-0.25, -0.2) is 9.67 Å². The van der Waals surface area contributed by atoms with Crippen LogP contribution in [0.15, 0.2) is 30.9 Å². The van der Waals surface area contributed by atoms with Gasteiger partial charge in [-0.2, -0.15) is 5.10 Å². The van der Waals surface area contributed by atoms with Gasteiger partial charge >= 0.3 is 0 Å². The Kier molecular flexibility index (Phi) is 2.99. The lowest BCUT2D eigenvalue weighted by Crippen LogP contribution is -2.05. The SMILES string of the molecule is CNc1c(Cn2cncn2)cccc1[N+](=O)[O-]. The van der Waals surface area contributed by atoms with Crippen molar-refractivity contribution in [1.82, 2.24) is 14.8 Å². The number of anilines is 1. The van der Waals surface area contributed by atoms with E-state index in [0.29, 0.717) is 12.2 Å². The quantitative estimate of drug-likeness (QED) is 0.635. The molecule has 0 fully saturated rings. The lowest BCUT2D eigenvalue weighted by molar-refractivity contribution is -0.384. The van der Waals surface area contributed by atoms with Crippen molar-refractivity contribution in [3.05, 3.63) is 46.5 Å². The fourth-order valence-corrected chi connectivity index (χ4v) is 1.65. The van der Waals surface area contributed by atoms with Crippen LogP contribution in [0.4, 0.5) is 11.4 Å². The molecule has 2 aromatic rings. The van der Waals surface area contributed by atoms with E-state index in [2.05, 4.69) is 15.4 Å². The van der Waals surface area contributed by atoms with Crippen LogP contribution in [0.2, 0.25) is 0 Å². The summed E-state index contributed by atoms with van der Waals surface area (Å²) in [6.45, 7) is 0.442. The van der Waals surface area contributed by atoms with Crippen LogP contribution in [0.25, 0.3) is 0 Å². The summed E-state index contributed by atoms with van der Waals surface area (Å²) in [5, 5.41) is 17.7. The molecular formula is C10H11N5O2. The van der Waals surface area contributed by atoms with Gasteiger partial charge in [0.25, 0.3) is 5.69 Å². The second-order valence-electron chi connectivity index (χ2n) is 3.41. The molecule has 0 aliphatic carbocycles. The van der Waals surface area contributed by atoms with Crippen molar-refractivity contribution in [3.8, 4) is 0 Å². The molecule has 0 unspecified atom stereocenters. The van der Waals surface area contributed by atoms with Crippen molar-refractivity contribution in [2.45, 2.75) is 6.54 Å². The number of nitrogens with zero attached hydrogens (tertiary/aromatic N) is 4. The first-order chi connectivity index (χ1) is 8.22. The third-order valence-electron chi connectivity index (χ3n) is 2.37. The van der Waals surface area contributed by atoms with Crippen LogP contribution in [0, 0.1) is 10.1 Å². The number of hydrogen-bond donors (Lipinski definition) is 1. The summed E-state index contributed by atoms with van der Waals surface area (Å²) < 4.78 is 1.61. The molecule has 0 radical (unpaired) electrons. The fraction of sp³-hybridized carbons (Fsp3) is 0.200. The van der Waals surface area contributed by atoms with E-state index < -0.39 is 4.92 Å². The molecule has 1 heterocycles. The van der Waals surface area contributed by atoms with Crippen LogP contribution < -0.4 is 5.32 Å². The number of hydrogen-bond acceptors (Lipinski definition) is 5. The first-order valence-corrected chi connectivity index (χ1v) is 4.99. The molecule has 0 aliphatic heterocycles. The maximum absolute atomic E-state index is 10.9. The van der Waals surface area contributed by atoms with Crippen molar-refractivity contribution < 1.29 is 4.92 Å². The first kappa shape index (κ1) is 11.1. The van der Waals surface area contributed by atoms with Crippen LogP contribution in [0.1, 0.15) is 5.56 Å². The first-order valence-electron chi connectivity index (χ1n) is 4.99. The molecule has 1 N–H and O–H groups in total. The molecule has 7 nitrogen and oxygen atoms in total. The maximum atomic E-state index is 10.9. The monoisotopic (exact) mass is 233 g/mol. The Morgan fingerprint density at radius 2 is 2.35 bits per heavy atom. The number of benzene rings is 1. The standard InChI is InChI=1S/C10H11N5O2/c1-11-10-8(5-14-7-12-6-13-14)3-2-4-9(10)15(16)17/h2-4,6-7,11H,5H2,1H3. The zero-order chi connectivity index (χ0) is 12.3. The molecule has 0 amide bonds. The Morgan fingerprint density at radius 3 is 2.94 bits per heavy atom. The Morgan fingerprint density at radius 1 is 1.53 bits per heavy atom. The summed E-state index contributed by atoms with van der Waals surface area (Å²) >= 11 is 0. The molecule has 2 rings (SSSR count). The zero-order valence-electron chi connectivity index (χ0n) is 9.20. The summed E-state index contributed by atoms with van der Waals surface area (Å²) in [5.41, 5.74) is 1.37. The van der Waals surface area contributed by atoms with Crippen LogP contribution in [-0.2, 0) is 6.54 Å². The van der Waals surface area contributed by atoms with Crippen LogP contribution in [0.3, 0.4) is 0 Å². The van der Waals surface area contributed by atoms with Gasteiger partial charge in [0.15, 0.2) is 0 Å². The van der Waals surface area contributed by atoms with Gasteiger partial charge in [0.2, 0.25) is 0 Å². The number of nitro benzene ring substituents is 1. The molecule has 0 saturated carbocycles. The topological polar surface area (TPSA) is 85.9 Å². The Bertz CT molecular complexity index is 523. The number of rotatable bonds is 4. The molecule has 0 atom stereocenters. The zero-order valence-corrected chi connectivity index (χ0v) is 9.20. The van der Waals surface area contributed by atoms with Crippen LogP contribution >= 0.6 is 0 Å². The van der Waals surface area contributed by atoms with Gasteiger partial charge in [-0.1, -0.05) is 12.1 Å². The minimum absolute atomic E-state index is 0.0603. The van der Waals surface area contributed by atoms with Crippen LogP contribution in [0.5, 0.6) is 0 Å². The van der Waals surface area contributed by atoms with Gasteiger partial charge in [-0.15, -0.1) is 0 Å². The van der Waals surface area contributed by atoms with E-state index in [9.17, 15) is 10.1 Å². The van der Waals surface area contributed by atoms with Crippen molar-refractivity contribution in [1.29, 1.82) is 0 Å². The third kappa shape index (κ3) is 2.22. The smallest absolute Gasteiger partial charge is 0.292 e.